The van der Waals surface area contributed by atoms with Gasteiger partial charge in [-0.2, -0.15) is 0 Å². The lowest BCUT2D eigenvalue weighted by Gasteiger charge is -2.04. The number of benzene rings is 1. The number of carbonyl (C=O) groups is 1. The first kappa shape index (κ1) is 10.5. The summed E-state index contributed by atoms with van der Waals surface area (Å²) in [5.41, 5.74) is 1.95. The highest BCUT2D eigenvalue weighted by atomic mass is 19.1. The Hall–Kier alpha value is -1.97. The second-order valence-corrected chi connectivity index (χ2v) is 3.66. The highest BCUT2D eigenvalue weighted by Gasteiger charge is 2.06. The van der Waals surface area contributed by atoms with Crippen molar-refractivity contribution in [1.29, 1.82) is 0 Å². The van der Waals surface area contributed by atoms with Gasteiger partial charge in [0.25, 0.3) is 0 Å². The Balaban J connectivity index is 2.59. The molecule has 0 aliphatic carbocycles. The number of halogens is 1. The minimum atomic E-state index is -0.923. The maximum Gasteiger partial charge on any atom is 0.309 e. The van der Waals surface area contributed by atoms with E-state index in [1.54, 1.807) is 12.1 Å². The maximum atomic E-state index is 13.0. The number of carboxylic acid groups (broad SMARTS) is 1. The average Bonchev–Trinajstić information content (AvgIpc) is 2.18. The van der Waals surface area contributed by atoms with Gasteiger partial charge in [0, 0.05) is 5.39 Å². The number of aromatic nitrogens is 1. The second kappa shape index (κ2) is 3.89. The van der Waals surface area contributed by atoms with Crippen molar-refractivity contribution in [2.45, 2.75) is 13.3 Å². The van der Waals surface area contributed by atoms with E-state index in [1.165, 1.54) is 12.1 Å². The van der Waals surface area contributed by atoms with Crippen LogP contribution in [0.1, 0.15) is 11.3 Å². The fourth-order valence-electron chi connectivity index (χ4n) is 1.68. The molecule has 1 heterocycles. The molecule has 0 aliphatic rings. The molecule has 1 aromatic carbocycles. The molecule has 2 aromatic rings. The highest BCUT2D eigenvalue weighted by molar-refractivity contribution is 5.83. The molecular formula is C12H10FNO2. The number of nitrogens with zero attached hydrogens (tertiary/aromatic N) is 1. The third kappa shape index (κ3) is 2.00. The molecule has 0 saturated heterocycles. The van der Waals surface area contributed by atoms with Gasteiger partial charge < -0.3 is 5.11 Å². The summed E-state index contributed by atoms with van der Waals surface area (Å²) < 4.78 is 13.0. The van der Waals surface area contributed by atoms with Crippen LogP contribution >= 0.6 is 0 Å². The van der Waals surface area contributed by atoms with Crippen molar-refractivity contribution in [1.82, 2.24) is 4.98 Å². The van der Waals surface area contributed by atoms with Crippen molar-refractivity contribution in [2.75, 3.05) is 0 Å². The molecule has 82 valence electrons. The molecule has 0 atom stereocenters. The van der Waals surface area contributed by atoms with Crippen LogP contribution < -0.4 is 0 Å². The van der Waals surface area contributed by atoms with Crippen LogP contribution in [-0.2, 0) is 11.2 Å². The normalized spacial score (nSPS) is 10.6. The number of fused-ring (bicyclic) bond motifs is 1. The first-order valence-electron chi connectivity index (χ1n) is 4.84. The Bertz CT molecular complexity index is 566. The van der Waals surface area contributed by atoms with E-state index in [9.17, 15) is 9.18 Å². The van der Waals surface area contributed by atoms with E-state index in [2.05, 4.69) is 4.98 Å². The molecule has 3 nitrogen and oxygen atoms in total. The predicted molar refractivity (Wildman–Crippen MR) is 57.8 cm³/mol. The van der Waals surface area contributed by atoms with Gasteiger partial charge >= 0.3 is 5.97 Å². The molecule has 0 unspecified atom stereocenters. The second-order valence-electron chi connectivity index (χ2n) is 3.66. The predicted octanol–water partition coefficient (Wildman–Crippen LogP) is 2.31. The van der Waals surface area contributed by atoms with Crippen LogP contribution in [0.15, 0.2) is 24.3 Å². The zero-order valence-electron chi connectivity index (χ0n) is 8.70. The van der Waals surface area contributed by atoms with Crippen molar-refractivity contribution in [3.63, 3.8) is 0 Å². The molecule has 0 aliphatic heterocycles. The van der Waals surface area contributed by atoms with E-state index in [1.807, 2.05) is 6.92 Å². The van der Waals surface area contributed by atoms with Crippen molar-refractivity contribution < 1.29 is 14.3 Å². The molecule has 1 N–H and O–H groups in total. The Morgan fingerprint density at radius 3 is 2.88 bits per heavy atom. The van der Waals surface area contributed by atoms with Gasteiger partial charge in [-0.15, -0.1) is 0 Å². The number of carboxylic acids is 1. The van der Waals surface area contributed by atoms with Crippen LogP contribution in [0.25, 0.3) is 10.9 Å². The fourth-order valence-corrected chi connectivity index (χ4v) is 1.68. The number of hydrogen-bond donors (Lipinski definition) is 1. The Kier molecular flexibility index (Phi) is 2.56. The van der Waals surface area contributed by atoms with Gasteiger partial charge in [0.15, 0.2) is 0 Å². The topological polar surface area (TPSA) is 50.2 Å². The smallest absolute Gasteiger partial charge is 0.309 e. The molecule has 0 spiro atoms. The summed E-state index contributed by atoms with van der Waals surface area (Å²) in [6.07, 6.45) is -0.117. The Labute approximate surface area is 91.5 Å². The maximum absolute atomic E-state index is 13.0. The summed E-state index contributed by atoms with van der Waals surface area (Å²) >= 11 is 0. The summed E-state index contributed by atoms with van der Waals surface area (Å²) in [6.45, 7) is 1.81. The van der Waals surface area contributed by atoms with Crippen LogP contribution in [0.2, 0.25) is 0 Å². The zero-order chi connectivity index (χ0) is 11.7. The van der Waals surface area contributed by atoms with Gasteiger partial charge in [-0.1, -0.05) is 0 Å². The molecular weight excluding hydrogens is 209 g/mol. The standard InChI is InChI=1S/C12H10FNO2/c1-7-4-9(6-12(15)16)14-11-3-2-8(13)5-10(7)11/h2-5H,6H2,1H3,(H,15,16). The molecule has 0 fully saturated rings. The summed E-state index contributed by atoms with van der Waals surface area (Å²) in [6, 6.07) is 5.96. The highest BCUT2D eigenvalue weighted by Crippen LogP contribution is 2.19. The quantitative estimate of drug-likeness (QED) is 0.843. The molecule has 2 rings (SSSR count). The summed E-state index contributed by atoms with van der Waals surface area (Å²) in [4.78, 5) is 14.7. The van der Waals surface area contributed by atoms with Crippen LogP contribution in [0, 0.1) is 12.7 Å². The van der Waals surface area contributed by atoms with Gasteiger partial charge in [0.05, 0.1) is 17.6 Å². The lowest BCUT2D eigenvalue weighted by atomic mass is 10.1. The van der Waals surface area contributed by atoms with E-state index in [4.69, 9.17) is 5.11 Å². The van der Waals surface area contributed by atoms with Crippen molar-refractivity contribution >= 4 is 16.9 Å². The number of aliphatic carboxylic acids is 1. The summed E-state index contributed by atoms with van der Waals surface area (Å²) in [7, 11) is 0. The number of aryl methyl sites for hydroxylation is 1. The zero-order valence-corrected chi connectivity index (χ0v) is 8.70. The van der Waals surface area contributed by atoms with Gasteiger partial charge in [-0.05, 0) is 36.8 Å². The van der Waals surface area contributed by atoms with Crippen molar-refractivity contribution in [3.05, 3.63) is 41.3 Å². The molecule has 0 bridgehead atoms. The van der Waals surface area contributed by atoms with Gasteiger partial charge in [0.1, 0.15) is 5.82 Å². The monoisotopic (exact) mass is 219 g/mol. The van der Waals surface area contributed by atoms with E-state index in [-0.39, 0.29) is 12.2 Å². The van der Waals surface area contributed by atoms with Gasteiger partial charge in [-0.25, -0.2) is 4.39 Å². The van der Waals surface area contributed by atoms with Crippen LogP contribution in [0.5, 0.6) is 0 Å². The summed E-state index contributed by atoms with van der Waals surface area (Å²) in [5.74, 6) is -1.24. The van der Waals surface area contributed by atoms with Crippen LogP contribution in [-0.4, -0.2) is 16.1 Å². The van der Waals surface area contributed by atoms with E-state index >= 15 is 0 Å². The lowest BCUT2D eigenvalue weighted by molar-refractivity contribution is -0.136. The SMILES string of the molecule is Cc1cc(CC(=O)O)nc2ccc(F)cc12. The largest absolute Gasteiger partial charge is 0.481 e. The minimum absolute atomic E-state index is 0.117. The fraction of sp³-hybridized carbons (Fsp3) is 0.167. The summed E-state index contributed by atoms with van der Waals surface area (Å²) in [5, 5.41) is 9.39. The van der Waals surface area contributed by atoms with Gasteiger partial charge in [-0.3, -0.25) is 9.78 Å². The van der Waals surface area contributed by atoms with Crippen molar-refractivity contribution in [3.8, 4) is 0 Å². The average molecular weight is 219 g/mol. The first-order valence-corrected chi connectivity index (χ1v) is 4.84. The lowest BCUT2D eigenvalue weighted by Crippen LogP contribution is -2.03. The molecule has 16 heavy (non-hydrogen) atoms. The van der Waals surface area contributed by atoms with Crippen LogP contribution in [0.4, 0.5) is 4.39 Å². The molecule has 0 radical (unpaired) electrons. The molecule has 0 saturated carbocycles. The minimum Gasteiger partial charge on any atom is -0.481 e. The Morgan fingerprint density at radius 1 is 1.44 bits per heavy atom. The van der Waals surface area contributed by atoms with Crippen molar-refractivity contribution in [2.24, 2.45) is 0 Å². The van der Waals surface area contributed by atoms with Crippen LogP contribution in [0.3, 0.4) is 0 Å². The third-order valence-electron chi connectivity index (χ3n) is 2.36. The number of hydrogen-bond acceptors (Lipinski definition) is 2. The molecule has 0 amide bonds. The third-order valence-corrected chi connectivity index (χ3v) is 2.36. The first-order chi connectivity index (χ1) is 7.56. The van der Waals surface area contributed by atoms with E-state index in [0.717, 1.165) is 5.56 Å². The van der Waals surface area contributed by atoms with E-state index in [0.29, 0.717) is 16.6 Å². The molecule has 4 heteroatoms. The van der Waals surface area contributed by atoms with Gasteiger partial charge in [0.2, 0.25) is 0 Å². The number of rotatable bonds is 2. The molecule has 1 aromatic heterocycles. The number of pyridine rings is 1. The van der Waals surface area contributed by atoms with E-state index < -0.39 is 5.97 Å². The Morgan fingerprint density at radius 2 is 2.19 bits per heavy atom.